The lowest BCUT2D eigenvalue weighted by molar-refractivity contribution is -0.131. The zero-order chi connectivity index (χ0) is 24.3. The summed E-state index contributed by atoms with van der Waals surface area (Å²) in [5.41, 5.74) is 3.13. The molecule has 6 rings (SSSR count). The molecule has 1 fully saturated rings. The van der Waals surface area contributed by atoms with E-state index in [-0.39, 0.29) is 29.5 Å². The minimum Gasteiger partial charge on any atom is -0.493 e. The van der Waals surface area contributed by atoms with E-state index in [9.17, 15) is 9.59 Å². The molecule has 2 aromatic carbocycles. The van der Waals surface area contributed by atoms with Gasteiger partial charge in [-0.25, -0.2) is 4.98 Å². The number of nitrogens with zero attached hydrogens (tertiary/aromatic N) is 2. The number of ketones is 1. The van der Waals surface area contributed by atoms with E-state index < -0.39 is 6.04 Å². The fourth-order valence-corrected chi connectivity index (χ4v) is 6.59. The van der Waals surface area contributed by atoms with E-state index in [1.54, 1.807) is 25.2 Å². The summed E-state index contributed by atoms with van der Waals surface area (Å²) in [4.78, 5) is 34.1. The van der Waals surface area contributed by atoms with Crippen LogP contribution in [0.2, 0.25) is 0 Å². The Kier molecular flexibility index (Phi) is 5.29. The highest BCUT2D eigenvalue weighted by Crippen LogP contribution is 2.50. The summed E-state index contributed by atoms with van der Waals surface area (Å²) in [5.74, 6) is 0.780. The third-order valence-electron chi connectivity index (χ3n) is 7.23. The van der Waals surface area contributed by atoms with Crippen LogP contribution in [0.15, 0.2) is 47.7 Å². The number of fused-ring (bicyclic) bond motifs is 2. The smallest absolute Gasteiger partial charge is 0.296 e. The molecular formula is C27H26N2O5S. The quantitative estimate of drug-likeness (QED) is 0.505. The molecule has 7 nitrogen and oxygen atoms in total. The van der Waals surface area contributed by atoms with Crippen LogP contribution in [0.25, 0.3) is 10.2 Å². The van der Waals surface area contributed by atoms with Gasteiger partial charge in [-0.05, 0) is 61.6 Å². The molecule has 2 aliphatic heterocycles. The Labute approximate surface area is 207 Å². The van der Waals surface area contributed by atoms with Gasteiger partial charge in [0.15, 0.2) is 28.2 Å². The Morgan fingerprint density at radius 1 is 1.03 bits per heavy atom. The van der Waals surface area contributed by atoms with E-state index in [1.165, 1.54) is 11.3 Å². The normalized spacial score (nSPS) is 23.9. The number of aryl methyl sites for hydroxylation is 1. The highest BCUT2D eigenvalue weighted by atomic mass is 32.1. The number of methoxy groups -OCH3 is 2. The van der Waals surface area contributed by atoms with Crippen LogP contribution in [0.4, 0.5) is 5.13 Å². The van der Waals surface area contributed by atoms with Crippen molar-refractivity contribution in [3.63, 3.8) is 0 Å². The minimum atomic E-state index is -0.644. The van der Waals surface area contributed by atoms with Gasteiger partial charge in [0.1, 0.15) is 6.10 Å². The first kappa shape index (κ1) is 22.1. The maximum Gasteiger partial charge on any atom is 0.296 e. The van der Waals surface area contributed by atoms with E-state index >= 15 is 0 Å². The van der Waals surface area contributed by atoms with Gasteiger partial charge in [0, 0.05) is 0 Å². The van der Waals surface area contributed by atoms with Crippen molar-refractivity contribution in [2.45, 2.75) is 44.8 Å². The van der Waals surface area contributed by atoms with E-state index in [0.717, 1.165) is 47.0 Å². The molecule has 0 radical (unpaired) electrons. The number of carbonyl (C=O) groups excluding carboxylic acids is 2. The predicted molar refractivity (Wildman–Crippen MR) is 133 cm³/mol. The molecule has 0 N–H and O–H groups in total. The Bertz CT molecular complexity index is 1390. The number of rotatable bonds is 4. The van der Waals surface area contributed by atoms with Crippen molar-refractivity contribution in [3.8, 4) is 11.5 Å². The average Bonchev–Trinajstić information content (AvgIpc) is 3.42. The van der Waals surface area contributed by atoms with Crippen LogP contribution >= 0.6 is 11.3 Å². The average molecular weight is 491 g/mol. The van der Waals surface area contributed by atoms with Crippen LogP contribution in [0.1, 0.15) is 42.9 Å². The maximum atomic E-state index is 13.9. The molecule has 3 aromatic rings. The van der Waals surface area contributed by atoms with Crippen molar-refractivity contribution < 1.29 is 23.8 Å². The number of Topliss-reactive ketones (excluding diaryl/α,β-unsaturated/α-hetero) is 1. The van der Waals surface area contributed by atoms with E-state index in [4.69, 9.17) is 19.2 Å². The van der Waals surface area contributed by atoms with Crippen LogP contribution in [0.5, 0.6) is 11.5 Å². The van der Waals surface area contributed by atoms with Crippen LogP contribution in [0, 0.1) is 12.8 Å². The first-order valence-corrected chi connectivity index (χ1v) is 12.7. The molecule has 8 heteroatoms. The molecule has 1 aliphatic carbocycles. The zero-order valence-corrected chi connectivity index (χ0v) is 20.7. The molecule has 3 unspecified atom stereocenters. The van der Waals surface area contributed by atoms with Gasteiger partial charge in [0.2, 0.25) is 0 Å². The Morgan fingerprint density at radius 3 is 2.63 bits per heavy atom. The molecule has 1 saturated carbocycles. The summed E-state index contributed by atoms with van der Waals surface area (Å²) in [5, 5.41) is 0.546. The zero-order valence-electron chi connectivity index (χ0n) is 19.9. The molecule has 1 amide bonds. The van der Waals surface area contributed by atoms with Gasteiger partial charge in [0.25, 0.3) is 5.91 Å². The number of amides is 1. The number of benzene rings is 2. The molecule has 3 aliphatic rings. The maximum absolute atomic E-state index is 13.9. The van der Waals surface area contributed by atoms with E-state index in [0.29, 0.717) is 22.2 Å². The number of thiazole rings is 1. The Hall–Kier alpha value is -3.39. The molecule has 0 spiro atoms. The van der Waals surface area contributed by atoms with Crippen LogP contribution in [-0.4, -0.2) is 37.0 Å². The fraction of sp³-hybridized carbons (Fsp3) is 0.370. The summed E-state index contributed by atoms with van der Waals surface area (Å²) in [6, 6.07) is 10.9. The summed E-state index contributed by atoms with van der Waals surface area (Å²) < 4.78 is 18.2. The summed E-state index contributed by atoms with van der Waals surface area (Å²) in [6.45, 7) is 2.03. The van der Waals surface area contributed by atoms with Gasteiger partial charge in [-0.3, -0.25) is 14.5 Å². The van der Waals surface area contributed by atoms with Crippen molar-refractivity contribution >= 4 is 38.4 Å². The molecular weight excluding hydrogens is 464 g/mol. The third kappa shape index (κ3) is 3.42. The number of hydrogen-bond acceptors (Lipinski definition) is 7. The van der Waals surface area contributed by atoms with Gasteiger partial charge < -0.3 is 14.2 Å². The van der Waals surface area contributed by atoms with Crippen LogP contribution < -0.4 is 14.4 Å². The fourth-order valence-electron chi connectivity index (χ4n) is 5.50. The third-order valence-corrected chi connectivity index (χ3v) is 8.24. The topological polar surface area (TPSA) is 78.0 Å². The van der Waals surface area contributed by atoms with E-state index in [1.807, 2.05) is 31.2 Å². The summed E-state index contributed by atoms with van der Waals surface area (Å²) in [6.07, 6.45) is 3.35. The lowest BCUT2D eigenvalue weighted by Gasteiger charge is -2.35. The van der Waals surface area contributed by atoms with Gasteiger partial charge in [-0.15, -0.1) is 0 Å². The van der Waals surface area contributed by atoms with Crippen molar-refractivity contribution in [3.05, 3.63) is 58.9 Å². The Balaban J connectivity index is 1.53. The lowest BCUT2D eigenvalue weighted by Crippen LogP contribution is -2.39. The molecule has 3 atom stereocenters. The predicted octanol–water partition coefficient (Wildman–Crippen LogP) is 5.12. The molecule has 0 saturated heterocycles. The van der Waals surface area contributed by atoms with Crippen LogP contribution in [-0.2, 0) is 14.3 Å². The largest absolute Gasteiger partial charge is 0.493 e. The second kappa shape index (κ2) is 8.37. The molecule has 3 heterocycles. The van der Waals surface area contributed by atoms with Gasteiger partial charge in [0.05, 0.1) is 42.0 Å². The summed E-state index contributed by atoms with van der Waals surface area (Å²) >= 11 is 1.45. The van der Waals surface area contributed by atoms with Crippen molar-refractivity contribution in [2.75, 3.05) is 19.1 Å². The second-order valence-electron chi connectivity index (χ2n) is 9.31. The molecule has 180 valence electrons. The van der Waals surface area contributed by atoms with Gasteiger partial charge >= 0.3 is 0 Å². The summed E-state index contributed by atoms with van der Waals surface area (Å²) in [7, 11) is 3.15. The number of ether oxygens (including phenoxy) is 3. The SMILES string of the molecule is COc1ccc(C2C3=C(OC4CCCCC4C3=O)C(=O)N2c2nc3ccc(C)cc3s2)cc1OC. The first-order chi connectivity index (χ1) is 17.0. The van der Waals surface area contributed by atoms with E-state index in [2.05, 4.69) is 6.07 Å². The second-order valence-corrected chi connectivity index (χ2v) is 10.3. The van der Waals surface area contributed by atoms with Crippen molar-refractivity contribution in [1.29, 1.82) is 0 Å². The monoisotopic (exact) mass is 490 g/mol. The number of hydrogen-bond donors (Lipinski definition) is 0. The molecule has 35 heavy (non-hydrogen) atoms. The number of carbonyl (C=O) groups is 2. The highest BCUT2D eigenvalue weighted by molar-refractivity contribution is 7.22. The van der Waals surface area contributed by atoms with Gasteiger partial charge in [-0.2, -0.15) is 0 Å². The standard InChI is InChI=1S/C27H26N2O5S/c1-14-8-10-17-21(12-14)35-27(28-17)29-23(15-9-11-19(32-2)20(13-15)33-3)22-24(30)16-6-4-5-7-18(16)34-25(22)26(29)31/h8-13,16,18,23H,4-7H2,1-3H3. The minimum absolute atomic E-state index is 0.0172. The molecule has 0 bridgehead atoms. The first-order valence-electron chi connectivity index (χ1n) is 11.9. The molecule has 1 aromatic heterocycles. The number of anilines is 1. The number of aromatic nitrogens is 1. The van der Waals surface area contributed by atoms with Crippen LogP contribution in [0.3, 0.4) is 0 Å². The van der Waals surface area contributed by atoms with Crippen molar-refractivity contribution in [1.82, 2.24) is 4.98 Å². The Morgan fingerprint density at radius 2 is 1.83 bits per heavy atom. The van der Waals surface area contributed by atoms with Crippen molar-refractivity contribution in [2.24, 2.45) is 5.92 Å². The highest BCUT2D eigenvalue weighted by Gasteiger charge is 2.53. The van der Waals surface area contributed by atoms with Gasteiger partial charge in [-0.1, -0.05) is 29.9 Å². The lowest BCUT2D eigenvalue weighted by atomic mass is 9.77.